The summed E-state index contributed by atoms with van der Waals surface area (Å²) in [6, 6.07) is 6.72. The average molecular weight is 451 g/mol. The molecule has 2 aliphatic heterocycles. The minimum absolute atomic E-state index is 0.0156. The number of amides is 2. The van der Waals surface area contributed by atoms with Gasteiger partial charge in [-0.2, -0.15) is 4.31 Å². The van der Waals surface area contributed by atoms with Crippen molar-refractivity contribution < 1.29 is 18.0 Å². The zero-order chi connectivity index (χ0) is 22.3. The molecular weight excluding hydrogens is 416 g/mol. The summed E-state index contributed by atoms with van der Waals surface area (Å²) in [5.41, 5.74) is 0.811. The molecule has 8 nitrogen and oxygen atoms in total. The molecule has 1 N–H and O–H groups in total. The molecule has 2 heterocycles. The van der Waals surface area contributed by atoms with Gasteiger partial charge in [-0.3, -0.25) is 14.5 Å². The smallest absolute Gasteiger partial charge is 0.243 e. The fraction of sp³-hybridized carbons (Fsp3) is 0.636. The van der Waals surface area contributed by atoms with Gasteiger partial charge in [-0.1, -0.05) is 18.6 Å². The molecule has 0 spiro atoms. The monoisotopic (exact) mass is 450 g/mol. The Labute approximate surface area is 185 Å². The highest BCUT2D eigenvalue weighted by atomic mass is 32.2. The number of piperidine rings is 1. The van der Waals surface area contributed by atoms with E-state index in [2.05, 4.69) is 10.2 Å². The molecule has 1 aromatic carbocycles. The average Bonchev–Trinajstić information content (AvgIpc) is 3.00. The van der Waals surface area contributed by atoms with E-state index in [-0.39, 0.29) is 18.2 Å². The Bertz CT molecular complexity index is 851. The molecule has 9 heteroatoms. The van der Waals surface area contributed by atoms with Crippen LogP contribution in [0.2, 0.25) is 0 Å². The molecule has 3 rings (SSSR count). The van der Waals surface area contributed by atoms with Gasteiger partial charge in [-0.15, -0.1) is 0 Å². The van der Waals surface area contributed by atoms with Crippen LogP contribution >= 0.6 is 0 Å². The van der Waals surface area contributed by atoms with Crippen LogP contribution in [0.1, 0.15) is 38.2 Å². The first-order valence-corrected chi connectivity index (χ1v) is 12.7. The van der Waals surface area contributed by atoms with Crippen molar-refractivity contribution >= 4 is 21.8 Å². The molecule has 31 heavy (non-hydrogen) atoms. The van der Waals surface area contributed by atoms with Crippen LogP contribution in [-0.4, -0.2) is 86.7 Å². The first kappa shape index (κ1) is 23.7. The number of nitrogens with one attached hydrogen (secondary N) is 1. The summed E-state index contributed by atoms with van der Waals surface area (Å²) in [4.78, 5) is 28.8. The van der Waals surface area contributed by atoms with E-state index in [1.165, 1.54) is 0 Å². The van der Waals surface area contributed by atoms with Crippen molar-refractivity contribution in [2.24, 2.45) is 0 Å². The molecule has 2 amide bonds. The number of benzene rings is 1. The van der Waals surface area contributed by atoms with Crippen LogP contribution in [0.4, 0.5) is 0 Å². The first-order chi connectivity index (χ1) is 14.9. The Kier molecular flexibility index (Phi) is 8.45. The van der Waals surface area contributed by atoms with Gasteiger partial charge in [-0.25, -0.2) is 8.42 Å². The maximum atomic E-state index is 12.8. The van der Waals surface area contributed by atoms with E-state index in [9.17, 15) is 18.0 Å². The van der Waals surface area contributed by atoms with Gasteiger partial charge in [0.15, 0.2) is 0 Å². The number of carbonyl (C=O) groups is 2. The molecule has 0 aliphatic carbocycles. The first-order valence-electron chi connectivity index (χ1n) is 11.3. The summed E-state index contributed by atoms with van der Waals surface area (Å²) < 4.78 is 27.1. The Morgan fingerprint density at radius 3 is 2.29 bits per heavy atom. The Morgan fingerprint density at radius 2 is 1.61 bits per heavy atom. The maximum absolute atomic E-state index is 12.8. The van der Waals surface area contributed by atoms with Crippen LogP contribution in [0.15, 0.2) is 29.2 Å². The van der Waals surface area contributed by atoms with Crippen LogP contribution < -0.4 is 5.32 Å². The second kappa shape index (κ2) is 11.1. The molecule has 0 unspecified atom stereocenters. The number of hydrogen-bond acceptors (Lipinski definition) is 5. The molecule has 2 aliphatic rings. The normalized spacial score (nSPS) is 19.1. The second-order valence-corrected chi connectivity index (χ2v) is 10.2. The van der Waals surface area contributed by atoms with E-state index in [0.29, 0.717) is 50.7 Å². The predicted molar refractivity (Wildman–Crippen MR) is 119 cm³/mol. The summed E-state index contributed by atoms with van der Waals surface area (Å²) in [6.07, 6.45) is 3.97. The van der Waals surface area contributed by atoms with Crippen molar-refractivity contribution in [2.45, 2.75) is 43.9 Å². The largest absolute Gasteiger partial charge is 0.355 e. The molecule has 0 radical (unpaired) electrons. The van der Waals surface area contributed by atoms with Gasteiger partial charge in [0.2, 0.25) is 21.8 Å². The third-order valence-corrected chi connectivity index (χ3v) is 7.83. The lowest BCUT2D eigenvalue weighted by atomic mass is 10.1. The Balaban J connectivity index is 1.54. The molecule has 1 aromatic rings. The third kappa shape index (κ3) is 6.51. The Hall–Kier alpha value is -1.97. The molecule has 0 bridgehead atoms. The van der Waals surface area contributed by atoms with E-state index in [1.54, 1.807) is 28.6 Å². The van der Waals surface area contributed by atoms with Crippen molar-refractivity contribution in [1.82, 2.24) is 19.4 Å². The van der Waals surface area contributed by atoms with Crippen molar-refractivity contribution in [2.75, 3.05) is 52.4 Å². The molecule has 2 fully saturated rings. The van der Waals surface area contributed by atoms with Gasteiger partial charge < -0.3 is 10.2 Å². The van der Waals surface area contributed by atoms with Gasteiger partial charge in [-0.05, 0) is 43.9 Å². The molecule has 2 saturated heterocycles. The number of rotatable bonds is 7. The van der Waals surface area contributed by atoms with Crippen molar-refractivity contribution in [3.8, 4) is 0 Å². The van der Waals surface area contributed by atoms with Crippen LogP contribution in [0.25, 0.3) is 0 Å². The van der Waals surface area contributed by atoms with Crippen LogP contribution in [0, 0.1) is 0 Å². The van der Waals surface area contributed by atoms with Crippen molar-refractivity contribution in [3.63, 3.8) is 0 Å². The molecule has 0 saturated carbocycles. The SMILES string of the molecule is CCNC(=O)CN1CCCN(C(=O)Cc2ccc(S(=O)(=O)N3CCCCC3)cc2)CC1. The van der Waals surface area contributed by atoms with Gasteiger partial charge in [0.1, 0.15) is 0 Å². The lowest BCUT2D eigenvalue weighted by Gasteiger charge is -2.26. The number of sulfonamides is 1. The number of likely N-dealkylation sites (N-methyl/N-ethyl adjacent to an activating group) is 1. The summed E-state index contributed by atoms with van der Waals surface area (Å²) in [5.74, 6) is 0.0494. The zero-order valence-corrected chi connectivity index (χ0v) is 19.2. The molecular formula is C22H34N4O4S. The lowest BCUT2D eigenvalue weighted by molar-refractivity contribution is -0.130. The minimum Gasteiger partial charge on any atom is -0.355 e. The highest BCUT2D eigenvalue weighted by Crippen LogP contribution is 2.21. The van der Waals surface area contributed by atoms with Gasteiger partial charge >= 0.3 is 0 Å². The van der Waals surface area contributed by atoms with Crippen LogP contribution in [0.5, 0.6) is 0 Å². The number of carbonyl (C=O) groups excluding carboxylic acids is 2. The van der Waals surface area contributed by atoms with E-state index < -0.39 is 10.0 Å². The zero-order valence-electron chi connectivity index (χ0n) is 18.4. The fourth-order valence-corrected chi connectivity index (χ4v) is 5.67. The van der Waals surface area contributed by atoms with E-state index >= 15 is 0 Å². The Morgan fingerprint density at radius 1 is 0.903 bits per heavy atom. The minimum atomic E-state index is -3.45. The van der Waals surface area contributed by atoms with Gasteiger partial charge in [0.25, 0.3) is 0 Å². The van der Waals surface area contributed by atoms with Crippen LogP contribution in [0.3, 0.4) is 0 Å². The summed E-state index contributed by atoms with van der Waals surface area (Å²) >= 11 is 0. The highest BCUT2D eigenvalue weighted by Gasteiger charge is 2.26. The van der Waals surface area contributed by atoms with Gasteiger partial charge in [0, 0.05) is 45.8 Å². The topological polar surface area (TPSA) is 90.0 Å². The third-order valence-electron chi connectivity index (χ3n) is 5.91. The quantitative estimate of drug-likeness (QED) is 0.671. The lowest BCUT2D eigenvalue weighted by Crippen LogP contribution is -2.40. The summed E-state index contributed by atoms with van der Waals surface area (Å²) in [5, 5.41) is 2.81. The maximum Gasteiger partial charge on any atom is 0.243 e. The second-order valence-electron chi connectivity index (χ2n) is 8.25. The van der Waals surface area contributed by atoms with E-state index in [0.717, 1.165) is 37.8 Å². The molecule has 0 atom stereocenters. The van der Waals surface area contributed by atoms with E-state index in [1.807, 2.05) is 11.8 Å². The highest BCUT2D eigenvalue weighted by molar-refractivity contribution is 7.89. The van der Waals surface area contributed by atoms with E-state index in [4.69, 9.17) is 0 Å². The van der Waals surface area contributed by atoms with Gasteiger partial charge in [0.05, 0.1) is 17.9 Å². The fourth-order valence-electron chi connectivity index (χ4n) is 4.15. The molecule has 0 aromatic heterocycles. The summed E-state index contributed by atoms with van der Waals surface area (Å²) in [7, 11) is -3.45. The number of hydrogen-bond donors (Lipinski definition) is 1. The van der Waals surface area contributed by atoms with Crippen molar-refractivity contribution in [3.05, 3.63) is 29.8 Å². The molecule has 172 valence electrons. The van der Waals surface area contributed by atoms with Crippen LogP contribution in [-0.2, 0) is 26.0 Å². The standard InChI is InChI=1S/C22H34N4O4S/c1-2-23-21(27)18-24-11-6-12-25(16-15-24)22(28)17-19-7-9-20(10-8-19)31(29,30)26-13-4-3-5-14-26/h7-10H,2-6,11-18H2,1H3,(H,23,27). The number of nitrogens with zero attached hydrogens (tertiary/aromatic N) is 3. The predicted octanol–water partition coefficient (Wildman–Crippen LogP) is 1.07. The summed E-state index contributed by atoms with van der Waals surface area (Å²) in [6.45, 7) is 6.78. The van der Waals surface area contributed by atoms with Crippen molar-refractivity contribution in [1.29, 1.82) is 0 Å².